The van der Waals surface area contributed by atoms with E-state index < -0.39 is 6.10 Å². The third kappa shape index (κ3) is 3.22. The number of hydrogen-bond acceptors (Lipinski definition) is 2. The molecule has 0 spiro atoms. The molecule has 0 heterocycles. The number of hydrogen-bond donors (Lipinski definition) is 1. The predicted molar refractivity (Wildman–Crippen MR) is 67.2 cm³/mol. The van der Waals surface area contributed by atoms with Crippen LogP contribution >= 0.6 is 11.8 Å². The van der Waals surface area contributed by atoms with Crippen LogP contribution in [-0.4, -0.2) is 10.4 Å². The van der Waals surface area contributed by atoms with Crippen LogP contribution in [0.15, 0.2) is 23.1 Å². The van der Waals surface area contributed by atoms with Gasteiger partial charge in [-0.25, -0.2) is 4.39 Å². The number of aliphatic hydroxyl groups is 1. The molecule has 0 saturated heterocycles. The van der Waals surface area contributed by atoms with Crippen molar-refractivity contribution in [2.45, 2.75) is 43.9 Å². The number of benzene rings is 1. The molecule has 0 aromatic heterocycles. The third-order valence-electron chi connectivity index (χ3n) is 2.68. The van der Waals surface area contributed by atoms with Crippen LogP contribution in [0.5, 0.6) is 0 Å². The maximum absolute atomic E-state index is 13.6. The Bertz CT molecular complexity index is 350. The summed E-state index contributed by atoms with van der Waals surface area (Å²) in [6.45, 7) is 7.99. The average Bonchev–Trinajstić information content (AvgIpc) is 2.16. The summed E-state index contributed by atoms with van der Waals surface area (Å²) in [5.74, 6) is 0.200. The molecule has 16 heavy (non-hydrogen) atoms. The maximum atomic E-state index is 13.6. The standard InChI is InChI=1S/C13H19FOS/c1-8(2)10(4)16-12-7-5-6-11(14)13(12)9(3)15/h5-10,15H,1-4H3/t9-,10?/m0/s1. The summed E-state index contributed by atoms with van der Waals surface area (Å²) < 4.78 is 13.6. The first-order chi connectivity index (χ1) is 7.43. The highest BCUT2D eigenvalue weighted by atomic mass is 32.2. The monoisotopic (exact) mass is 242 g/mol. The smallest absolute Gasteiger partial charge is 0.130 e. The van der Waals surface area contributed by atoms with Crippen LogP contribution in [-0.2, 0) is 0 Å². The van der Waals surface area contributed by atoms with E-state index in [9.17, 15) is 9.50 Å². The molecule has 1 aromatic rings. The van der Waals surface area contributed by atoms with Crippen LogP contribution in [0, 0.1) is 11.7 Å². The van der Waals surface area contributed by atoms with Crippen LogP contribution in [0.25, 0.3) is 0 Å². The van der Waals surface area contributed by atoms with Crippen molar-refractivity contribution in [3.63, 3.8) is 0 Å². The largest absolute Gasteiger partial charge is 0.389 e. The highest BCUT2D eigenvalue weighted by molar-refractivity contribution is 8.00. The Morgan fingerprint density at radius 1 is 1.19 bits per heavy atom. The van der Waals surface area contributed by atoms with Crippen LogP contribution in [0.3, 0.4) is 0 Å². The van der Waals surface area contributed by atoms with Crippen LogP contribution in [0.4, 0.5) is 4.39 Å². The molecule has 1 rings (SSSR count). The molecule has 0 radical (unpaired) electrons. The molecular weight excluding hydrogens is 223 g/mol. The van der Waals surface area contributed by atoms with E-state index in [4.69, 9.17) is 0 Å². The van der Waals surface area contributed by atoms with Crippen molar-refractivity contribution in [3.8, 4) is 0 Å². The molecule has 3 heteroatoms. The second kappa shape index (κ2) is 5.69. The molecule has 0 aliphatic rings. The summed E-state index contributed by atoms with van der Waals surface area (Å²) >= 11 is 1.62. The Hall–Kier alpha value is -0.540. The molecule has 0 aliphatic carbocycles. The highest BCUT2D eigenvalue weighted by Crippen LogP contribution is 2.34. The summed E-state index contributed by atoms with van der Waals surface area (Å²) in [5.41, 5.74) is 0.417. The number of rotatable bonds is 4. The summed E-state index contributed by atoms with van der Waals surface area (Å²) in [7, 11) is 0. The van der Waals surface area contributed by atoms with E-state index in [0.29, 0.717) is 16.7 Å². The Labute approximate surface area is 101 Å². The lowest BCUT2D eigenvalue weighted by Gasteiger charge is -2.18. The molecule has 0 amide bonds. The fourth-order valence-electron chi connectivity index (χ4n) is 1.36. The minimum Gasteiger partial charge on any atom is -0.389 e. The van der Waals surface area contributed by atoms with E-state index in [1.165, 1.54) is 6.07 Å². The Balaban J connectivity index is 2.99. The van der Waals surface area contributed by atoms with Gasteiger partial charge in [0.15, 0.2) is 0 Å². The Morgan fingerprint density at radius 2 is 1.81 bits per heavy atom. The minimum atomic E-state index is -0.761. The van der Waals surface area contributed by atoms with Crippen molar-refractivity contribution in [2.24, 2.45) is 5.92 Å². The van der Waals surface area contributed by atoms with Gasteiger partial charge >= 0.3 is 0 Å². The molecule has 1 unspecified atom stereocenters. The van der Waals surface area contributed by atoms with Gasteiger partial charge in [0.2, 0.25) is 0 Å². The molecule has 0 saturated carbocycles. The first kappa shape index (κ1) is 13.5. The van der Waals surface area contributed by atoms with E-state index in [2.05, 4.69) is 20.8 Å². The molecule has 1 aromatic carbocycles. The van der Waals surface area contributed by atoms with Crippen molar-refractivity contribution in [3.05, 3.63) is 29.6 Å². The summed E-state index contributed by atoms with van der Waals surface area (Å²) in [6.07, 6.45) is -0.761. The lowest BCUT2D eigenvalue weighted by molar-refractivity contribution is 0.191. The third-order valence-corrected chi connectivity index (χ3v) is 4.21. The second-order valence-corrected chi connectivity index (χ2v) is 5.81. The van der Waals surface area contributed by atoms with Crippen molar-refractivity contribution in [1.82, 2.24) is 0 Å². The topological polar surface area (TPSA) is 20.2 Å². The number of halogens is 1. The zero-order chi connectivity index (χ0) is 12.3. The second-order valence-electron chi connectivity index (χ2n) is 4.39. The zero-order valence-electron chi connectivity index (χ0n) is 10.2. The molecular formula is C13H19FOS. The molecule has 0 fully saturated rings. The van der Waals surface area contributed by atoms with Gasteiger partial charge < -0.3 is 5.11 Å². The van der Waals surface area contributed by atoms with Crippen LogP contribution in [0.2, 0.25) is 0 Å². The minimum absolute atomic E-state index is 0.323. The molecule has 0 bridgehead atoms. The lowest BCUT2D eigenvalue weighted by atomic mass is 10.1. The molecule has 90 valence electrons. The SMILES string of the molecule is CC(C)C(C)Sc1cccc(F)c1[C@H](C)O. The number of thioether (sulfide) groups is 1. The van der Waals surface area contributed by atoms with Crippen LogP contribution < -0.4 is 0 Å². The first-order valence-corrected chi connectivity index (χ1v) is 6.44. The average molecular weight is 242 g/mol. The van der Waals surface area contributed by atoms with Crippen molar-refractivity contribution < 1.29 is 9.50 Å². The van der Waals surface area contributed by atoms with Crippen molar-refractivity contribution in [1.29, 1.82) is 0 Å². The van der Waals surface area contributed by atoms with Gasteiger partial charge in [0.05, 0.1) is 6.10 Å². The quantitative estimate of drug-likeness (QED) is 0.805. The van der Waals surface area contributed by atoms with E-state index in [-0.39, 0.29) is 5.82 Å². The highest BCUT2D eigenvalue weighted by Gasteiger charge is 2.17. The fraction of sp³-hybridized carbons (Fsp3) is 0.538. The molecule has 1 N–H and O–H groups in total. The summed E-state index contributed by atoms with van der Waals surface area (Å²) in [5, 5.41) is 9.99. The van der Waals surface area contributed by atoms with Gasteiger partial charge in [-0.3, -0.25) is 0 Å². The zero-order valence-corrected chi connectivity index (χ0v) is 11.0. The molecule has 2 atom stereocenters. The fourth-order valence-corrected chi connectivity index (χ4v) is 2.59. The lowest BCUT2D eigenvalue weighted by Crippen LogP contribution is -2.07. The van der Waals surface area contributed by atoms with Gasteiger partial charge in [0, 0.05) is 15.7 Å². The van der Waals surface area contributed by atoms with Gasteiger partial charge in [0.25, 0.3) is 0 Å². The Kier molecular flexibility index (Phi) is 4.81. The molecule has 0 aliphatic heterocycles. The Morgan fingerprint density at radius 3 is 2.31 bits per heavy atom. The predicted octanol–water partition coefficient (Wildman–Crippen LogP) is 4.02. The maximum Gasteiger partial charge on any atom is 0.130 e. The van der Waals surface area contributed by atoms with E-state index in [1.54, 1.807) is 24.8 Å². The van der Waals surface area contributed by atoms with E-state index in [1.807, 2.05) is 6.07 Å². The van der Waals surface area contributed by atoms with E-state index in [0.717, 1.165) is 4.90 Å². The first-order valence-electron chi connectivity index (χ1n) is 5.56. The van der Waals surface area contributed by atoms with Gasteiger partial charge in [-0.15, -0.1) is 11.8 Å². The van der Waals surface area contributed by atoms with Gasteiger partial charge in [0.1, 0.15) is 5.82 Å². The van der Waals surface area contributed by atoms with Crippen molar-refractivity contribution in [2.75, 3.05) is 0 Å². The number of aliphatic hydroxyl groups excluding tert-OH is 1. The van der Waals surface area contributed by atoms with Crippen molar-refractivity contribution >= 4 is 11.8 Å². The normalized spacial score (nSPS) is 15.2. The van der Waals surface area contributed by atoms with Gasteiger partial charge in [-0.05, 0) is 25.0 Å². The van der Waals surface area contributed by atoms with Gasteiger partial charge in [-0.1, -0.05) is 26.8 Å². The van der Waals surface area contributed by atoms with Crippen LogP contribution in [0.1, 0.15) is 39.4 Å². The summed E-state index contributed by atoms with van der Waals surface area (Å²) in [4.78, 5) is 0.844. The van der Waals surface area contributed by atoms with Gasteiger partial charge in [-0.2, -0.15) is 0 Å². The molecule has 1 nitrogen and oxygen atoms in total. The summed E-state index contributed by atoms with van der Waals surface area (Å²) in [6, 6.07) is 4.96. The van der Waals surface area contributed by atoms with E-state index >= 15 is 0 Å².